The SMILES string of the molecule is CCC(C)N(C)CC(CC)(CC)CNC1CC1. The Hall–Kier alpha value is -0.0800. The maximum Gasteiger partial charge on any atom is 0.00684 e. The molecule has 0 radical (unpaired) electrons. The van der Waals surface area contributed by atoms with Gasteiger partial charge in [0.25, 0.3) is 0 Å². The molecule has 1 unspecified atom stereocenters. The summed E-state index contributed by atoms with van der Waals surface area (Å²) in [5.74, 6) is 0. The summed E-state index contributed by atoms with van der Waals surface area (Å²) in [5, 5.41) is 3.73. The van der Waals surface area contributed by atoms with Crippen molar-refractivity contribution >= 4 is 0 Å². The summed E-state index contributed by atoms with van der Waals surface area (Å²) < 4.78 is 0. The number of nitrogens with one attached hydrogen (secondary N) is 1. The van der Waals surface area contributed by atoms with Crippen LogP contribution in [0.1, 0.15) is 59.8 Å². The lowest BCUT2D eigenvalue weighted by Crippen LogP contribution is -2.45. The van der Waals surface area contributed by atoms with Crippen molar-refractivity contribution < 1.29 is 0 Å². The molecule has 17 heavy (non-hydrogen) atoms. The van der Waals surface area contributed by atoms with Crippen molar-refractivity contribution in [3.63, 3.8) is 0 Å². The largest absolute Gasteiger partial charge is 0.313 e. The Morgan fingerprint density at radius 1 is 1.24 bits per heavy atom. The van der Waals surface area contributed by atoms with Crippen LogP contribution in [0.25, 0.3) is 0 Å². The quantitative estimate of drug-likeness (QED) is 0.665. The van der Waals surface area contributed by atoms with E-state index in [2.05, 4.69) is 45.0 Å². The van der Waals surface area contributed by atoms with Gasteiger partial charge in [-0.3, -0.25) is 0 Å². The van der Waals surface area contributed by atoms with Gasteiger partial charge < -0.3 is 10.2 Å². The number of nitrogens with zero attached hydrogens (tertiary/aromatic N) is 1. The van der Waals surface area contributed by atoms with E-state index in [0.29, 0.717) is 11.5 Å². The molecule has 0 spiro atoms. The van der Waals surface area contributed by atoms with Crippen molar-refractivity contribution in [3.8, 4) is 0 Å². The lowest BCUT2D eigenvalue weighted by molar-refractivity contribution is 0.125. The molecule has 1 N–H and O–H groups in total. The zero-order chi connectivity index (χ0) is 12.9. The van der Waals surface area contributed by atoms with Crippen molar-refractivity contribution in [2.24, 2.45) is 5.41 Å². The Labute approximate surface area is 108 Å². The fraction of sp³-hybridized carbons (Fsp3) is 1.00. The molecule has 0 saturated heterocycles. The van der Waals surface area contributed by atoms with Crippen LogP contribution in [0, 0.1) is 5.41 Å². The van der Waals surface area contributed by atoms with E-state index < -0.39 is 0 Å². The standard InChI is InChI=1S/C15H32N2/c1-6-13(4)17(5)12-15(7-2,8-3)11-16-14-9-10-14/h13-14,16H,6-12H2,1-5H3. The van der Waals surface area contributed by atoms with Crippen LogP contribution in [0.3, 0.4) is 0 Å². The second kappa shape index (κ2) is 6.75. The molecule has 1 saturated carbocycles. The van der Waals surface area contributed by atoms with Gasteiger partial charge in [0.15, 0.2) is 0 Å². The molecular formula is C15H32N2. The molecule has 1 fully saturated rings. The van der Waals surface area contributed by atoms with Gasteiger partial charge in [-0.2, -0.15) is 0 Å². The summed E-state index contributed by atoms with van der Waals surface area (Å²) in [6.07, 6.45) is 6.60. The van der Waals surface area contributed by atoms with Crippen LogP contribution in [0.15, 0.2) is 0 Å². The predicted octanol–water partition coefficient (Wildman–Crippen LogP) is 3.28. The van der Waals surface area contributed by atoms with Crippen LogP contribution < -0.4 is 5.32 Å². The summed E-state index contributed by atoms with van der Waals surface area (Å²) in [5.41, 5.74) is 0.473. The van der Waals surface area contributed by atoms with Gasteiger partial charge in [-0.05, 0) is 51.5 Å². The van der Waals surface area contributed by atoms with Gasteiger partial charge in [0.05, 0.1) is 0 Å². The molecule has 0 heterocycles. The average molecular weight is 240 g/mol. The molecule has 102 valence electrons. The molecule has 1 atom stereocenters. The van der Waals surface area contributed by atoms with E-state index in [9.17, 15) is 0 Å². The van der Waals surface area contributed by atoms with Crippen LogP contribution in [0.5, 0.6) is 0 Å². The monoisotopic (exact) mass is 240 g/mol. The molecule has 0 aromatic carbocycles. The lowest BCUT2D eigenvalue weighted by Gasteiger charge is -2.38. The Morgan fingerprint density at radius 3 is 2.24 bits per heavy atom. The van der Waals surface area contributed by atoms with Gasteiger partial charge in [-0.25, -0.2) is 0 Å². The van der Waals surface area contributed by atoms with E-state index in [1.165, 1.54) is 45.2 Å². The molecular weight excluding hydrogens is 208 g/mol. The molecule has 1 aliphatic carbocycles. The first-order valence-corrected chi connectivity index (χ1v) is 7.50. The van der Waals surface area contributed by atoms with Crippen molar-refractivity contribution in [3.05, 3.63) is 0 Å². The molecule has 0 aromatic rings. The normalized spacial score (nSPS) is 18.7. The van der Waals surface area contributed by atoms with Crippen molar-refractivity contribution in [2.75, 3.05) is 20.1 Å². The number of hydrogen-bond acceptors (Lipinski definition) is 2. The first-order valence-electron chi connectivity index (χ1n) is 7.50. The van der Waals surface area contributed by atoms with Gasteiger partial charge in [-0.1, -0.05) is 20.8 Å². The molecule has 1 rings (SSSR count). The van der Waals surface area contributed by atoms with Gasteiger partial charge in [0, 0.05) is 25.2 Å². The van der Waals surface area contributed by atoms with E-state index in [1.54, 1.807) is 0 Å². The topological polar surface area (TPSA) is 15.3 Å². The molecule has 0 aliphatic heterocycles. The third-order valence-electron chi connectivity index (χ3n) is 4.77. The Kier molecular flexibility index (Phi) is 5.94. The smallest absolute Gasteiger partial charge is 0.00684 e. The number of rotatable bonds is 9. The summed E-state index contributed by atoms with van der Waals surface area (Å²) in [6.45, 7) is 11.7. The Balaban J connectivity index is 2.48. The molecule has 2 heteroatoms. The molecule has 2 nitrogen and oxygen atoms in total. The van der Waals surface area contributed by atoms with Crippen molar-refractivity contribution in [1.29, 1.82) is 0 Å². The molecule has 0 amide bonds. The zero-order valence-electron chi connectivity index (χ0n) is 12.6. The summed E-state index contributed by atoms with van der Waals surface area (Å²) >= 11 is 0. The van der Waals surface area contributed by atoms with Gasteiger partial charge in [-0.15, -0.1) is 0 Å². The summed E-state index contributed by atoms with van der Waals surface area (Å²) in [7, 11) is 2.28. The number of hydrogen-bond donors (Lipinski definition) is 1. The third kappa shape index (κ3) is 4.59. The average Bonchev–Trinajstić information content (AvgIpc) is 3.17. The highest BCUT2D eigenvalue weighted by molar-refractivity contribution is 4.88. The highest BCUT2D eigenvalue weighted by atomic mass is 15.1. The predicted molar refractivity (Wildman–Crippen MR) is 76.4 cm³/mol. The maximum absolute atomic E-state index is 3.73. The van der Waals surface area contributed by atoms with Crippen LogP contribution in [0.4, 0.5) is 0 Å². The van der Waals surface area contributed by atoms with Crippen LogP contribution >= 0.6 is 0 Å². The van der Waals surface area contributed by atoms with Crippen molar-refractivity contribution in [1.82, 2.24) is 10.2 Å². The second-order valence-electron chi connectivity index (χ2n) is 6.03. The zero-order valence-corrected chi connectivity index (χ0v) is 12.6. The van der Waals surface area contributed by atoms with E-state index in [4.69, 9.17) is 0 Å². The van der Waals surface area contributed by atoms with E-state index >= 15 is 0 Å². The Bertz CT molecular complexity index is 207. The summed E-state index contributed by atoms with van der Waals surface area (Å²) in [4.78, 5) is 2.54. The lowest BCUT2D eigenvalue weighted by atomic mass is 9.81. The highest BCUT2D eigenvalue weighted by Crippen LogP contribution is 2.29. The minimum Gasteiger partial charge on any atom is -0.313 e. The minimum absolute atomic E-state index is 0.473. The first-order chi connectivity index (χ1) is 8.06. The van der Waals surface area contributed by atoms with Crippen LogP contribution in [0.2, 0.25) is 0 Å². The molecule has 1 aliphatic rings. The summed E-state index contributed by atoms with van der Waals surface area (Å²) in [6, 6.07) is 1.54. The van der Waals surface area contributed by atoms with Crippen LogP contribution in [-0.4, -0.2) is 37.1 Å². The fourth-order valence-corrected chi connectivity index (χ4v) is 2.42. The fourth-order valence-electron chi connectivity index (χ4n) is 2.42. The highest BCUT2D eigenvalue weighted by Gasteiger charge is 2.31. The van der Waals surface area contributed by atoms with Crippen molar-refractivity contribution in [2.45, 2.75) is 71.9 Å². The first kappa shape index (κ1) is 15.0. The van der Waals surface area contributed by atoms with E-state index in [-0.39, 0.29) is 0 Å². The van der Waals surface area contributed by atoms with Gasteiger partial charge in [0.2, 0.25) is 0 Å². The molecule has 0 bridgehead atoms. The molecule has 0 aromatic heterocycles. The second-order valence-corrected chi connectivity index (χ2v) is 6.03. The van der Waals surface area contributed by atoms with E-state index in [1.807, 2.05) is 0 Å². The van der Waals surface area contributed by atoms with E-state index in [0.717, 1.165) is 6.04 Å². The maximum atomic E-state index is 3.73. The van der Waals surface area contributed by atoms with Crippen LogP contribution in [-0.2, 0) is 0 Å². The van der Waals surface area contributed by atoms with Gasteiger partial charge in [0.1, 0.15) is 0 Å². The minimum atomic E-state index is 0.473. The van der Waals surface area contributed by atoms with Gasteiger partial charge >= 0.3 is 0 Å². The Morgan fingerprint density at radius 2 is 1.82 bits per heavy atom. The third-order valence-corrected chi connectivity index (χ3v) is 4.77.